The van der Waals surface area contributed by atoms with Gasteiger partial charge in [-0.1, -0.05) is 31.8 Å². The first-order valence-electron chi connectivity index (χ1n) is 7.09. The molecule has 6 heteroatoms. The number of ether oxygens (including phenoxy) is 2. The largest absolute Gasteiger partial charge is 0.497 e. The van der Waals surface area contributed by atoms with Gasteiger partial charge in [0.25, 0.3) is 0 Å². The summed E-state index contributed by atoms with van der Waals surface area (Å²) >= 11 is 0. The zero-order chi connectivity index (χ0) is 17.2. The third-order valence-electron chi connectivity index (χ3n) is 3.33. The Balaban J connectivity index is 2.47. The van der Waals surface area contributed by atoms with Crippen LogP contribution in [0.3, 0.4) is 0 Å². The first kappa shape index (κ1) is 17.1. The lowest BCUT2D eigenvalue weighted by Crippen LogP contribution is -2.40. The average molecular weight is 336 g/mol. The van der Waals surface area contributed by atoms with E-state index in [4.69, 9.17) is 9.47 Å². The normalized spacial score (nSPS) is 11.2. The number of methoxy groups -OCH3 is 1. The molecule has 2 aromatic rings. The third-order valence-corrected chi connectivity index (χ3v) is 5.32. The van der Waals surface area contributed by atoms with E-state index in [-0.39, 0.29) is 5.75 Å². The van der Waals surface area contributed by atoms with Crippen molar-refractivity contribution in [3.05, 3.63) is 53.6 Å². The fraction of sp³-hybridized carbons (Fsp3) is 0.235. The molecule has 122 valence electrons. The van der Waals surface area contributed by atoms with Gasteiger partial charge in [-0.05, 0) is 24.3 Å². The van der Waals surface area contributed by atoms with Crippen LogP contribution >= 0.6 is 0 Å². The predicted molar refractivity (Wildman–Crippen MR) is 87.3 cm³/mol. The number of esters is 1. The lowest BCUT2D eigenvalue weighted by molar-refractivity contribution is 0.0726. The van der Waals surface area contributed by atoms with Crippen LogP contribution < -0.4 is 14.7 Å². The molecule has 0 atom stereocenters. The molecule has 0 aliphatic rings. The summed E-state index contributed by atoms with van der Waals surface area (Å²) in [5.74, 6) is -2.09. The van der Waals surface area contributed by atoms with Gasteiger partial charge >= 0.3 is 5.97 Å². The van der Waals surface area contributed by atoms with Crippen LogP contribution in [0.25, 0.3) is 0 Å². The Kier molecular flexibility index (Phi) is 4.84. The van der Waals surface area contributed by atoms with E-state index in [0.717, 1.165) is 17.3 Å². The maximum atomic E-state index is 13.7. The van der Waals surface area contributed by atoms with E-state index < -0.39 is 31.2 Å². The summed E-state index contributed by atoms with van der Waals surface area (Å²) in [4.78, 5) is 12.2. The topological polar surface area (TPSA) is 35.5 Å². The fourth-order valence-electron chi connectivity index (χ4n) is 2.35. The summed E-state index contributed by atoms with van der Waals surface area (Å²) in [6.07, 6.45) is 0. The van der Waals surface area contributed by atoms with E-state index in [0.29, 0.717) is 5.75 Å². The Hall–Kier alpha value is -2.21. The zero-order valence-corrected chi connectivity index (χ0v) is 14.4. The van der Waals surface area contributed by atoms with Gasteiger partial charge in [0.2, 0.25) is 0 Å². The van der Waals surface area contributed by atoms with Crippen LogP contribution in [0.2, 0.25) is 19.6 Å². The van der Waals surface area contributed by atoms with Crippen molar-refractivity contribution < 1.29 is 23.0 Å². The summed E-state index contributed by atoms with van der Waals surface area (Å²) in [7, 11) is -0.399. The van der Waals surface area contributed by atoms with Crippen molar-refractivity contribution >= 4 is 19.2 Å². The number of benzene rings is 2. The van der Waals surface area contributed by atoms with E-state index in [2.05, 4.69) is 19.6 Å². The molecule has 2 rings (SSSR count). The molecule has 0 heterocycles. The van der Waals surface area contributed by atoms with Gasteiger partial charge in [0.1, 0.15) is 28.7 Å². The van der Waals surface area contributed by atoms with Crippen molar-refractivity contribution in [3.63, 3.8) is 0 Å². The standard InChI is InChI=1S/C17H18F2O3Si/c1-21-13-9-6-10-14(16(13)23(2,3)4)22-17(20)15-11(18)7-5-8-12(15)19/h5-10H,1-4H3. The van der Waals surface area contributed by atoms with E-state index in [9.17, 15) is 13.6 Å². The van der Waals surface area contributed by atoms with Gasteiger partial charge in [0.05, 0.1) is 15.2 Å². The molecular weight excluding hydrogens is 318 g/mol. The molecular formula is C17H18F2O3Si. The summed E-state index contributed by atoms with van der Waals surface area (Å²) in [5, 5.41) is 0.785. The minimum atomic E-state index is -1.93. The van der Waals surface area contributed by atoms with Crippen molar-refractivity contribution in [1.82, 2.24) is 0 Å². The first-order valence-corrected chi connectivity index (χ1v) is 10.6. The smallest absolute Gasteiger partial charge is 0.349 e. The van der Waals surface area contributed by atoms with Gasteiger partial charge in [0.15, 0.2) is 0 Å². The lowest BCUT2D eigenvalue weighted by Gasteiger charge is -2.23. The van der Waals surface area contributed by atoms with Crippen molar-refractivity contribution in [2.24, 2.45) is 0 Å². The number of carbonyl (C=O) groups is 1. The average Bonchev–Trinajstić information content (AvgIpc) is 2.45. The second kappa shape index (κ2) is 6.50. The molecule has 0 spiro atoms. The Morgan fingerprint density at radius 3 is 2.00 bits per heavy atom. The molecule has 0 saturated heterocycles. The van der Waals surface area contributed by atoms with Gasteiger partial charge < -0.3 is 9.47 Å². The van der Waals surface area contributed by atoms with Gasteiger partial charge in [-0.25, -0.2) is 13.6 Å². The summed E-state index contributed by atoms with van der Waals surface area (Å²) in [6.45, 7) is 6.18. The monoisotopic (exact) mass is 336 g/mol. The van der Waals surface area contributed by atoms with E-state index in [1.807, 2.05) is 0 Å². The maximum Gasteiger partial charge on any atom is 0.349 e. The number of carbonyl (C=O) groups excluding carboxylic acids is 1. The molecule has 0 radical (unpaired) electrons. The maximum absolute atomic E-state index is 13.7. The molecule has 0 aliphatic heterocycles. The number of rotatable bonds is 4. The second-order valence-corrected chi connectivity index (χ2v) is 11.1. The third kappa shape index (κ3) is 3.59. The van der Waals surface area contributed by atoms with Crippen molar-refractivity contribution in [2.45, 2.75) is 19.6 Å². The minimum absolute atomic E-state index is 0.274. The molecule has 0 fully saturated rings. The number of hydrogen-bond acceptors (Lipinski definition) is 3. The quantitative estimate of drug-likeness (QED) is 0.485. The predicted octanol–water partition coefficient (Wildman–Crippen LogP) is 3.74. The van der Waals surface area contributed by atoms with Crippen molar-refractivity contribution in [2.75, 3.05) is 7.11 Å². The van der Waals surface area contributed by atoms with E-state index in [1.54, 1.807) is 18.2 Å². The highest BCUT2D eigenvalue weighted by atomic mass is 28.3. The van der Waals surface area contributed by atoms with E-state index >= 15 is 0 Å². The zero-order valence-electron chi connectivity index (χ0n) is 13.4. The summed E-state index contributed by atoms with van der Waals surface area (Å²) in [5.41, 5.74) is -0.697. The molecule has 0 aliphatic carbocycles. The SMILES string of the molecule is COc1cccc(OC(=O)c2c(F)cccc2F)c1[Si](C)(C)C. The Labute approximate surface area is 134 Å². The molecule has 23 heavy (non-hydrogen) atoms. The van der Waals surface area contributed by atoms with Crippen LogP contribution in [-0.4, -0.2) is 21.2 Å². The molecule has 0 bridgehead atoms. The Bertz CT molecular complexity index is 719. The van der Waals surface area contributed by atoms with Crippen molar-refractivity contribution in [1.29, 1.82) is 0 Å². The Morgan fingerprint density at radius 2 is 1.48 bits per heavy atom. The first-order chi connectivity index (χ1) is 10.8. The molecule has 0 N–H and O–H groups in total. The van der Waals surface area contributed by atoms with Crippen LogP contribution in [0.15, 0.2) is 36.4 Å². The van der Waals surface area contributed by atoms with E-state index in [1.165, 1.54) is 13.2 Å². The van der Waals surface area contributed by atoms with Crippen molar-refractivity contribution in [3.8, 4) is 11.5 Å². The molecule has 0 unspecified atom stereocenters. The summed E-state index contributed by atoms with van der Waals surface area (Å²) < 4.78 is 38.1. The molecule has 0 saturated carbocycles. The molecule has 3 nitrogen and oxygen atoms in total. The molecule has 0 amide bonds. The van der Waals surface area contributed by atoms with Crippen LogP contribution in [0.1, 0.15) is 10.4 Å². The van der Waals surface area contributed by atoms with Gasteiger partial charge in [-0.15, -0.1) is 0 Å². The Morgan fingerprint density at radius 1 is 0.957 bits per heavy atom. The van der Waals surface area contributed by atoms with Crippen LogP contribution in [0, 0.1) is 11.6 Å². The fourth-order valence-corrected chi connectivity index (χ4v) is 4.15. The highest BCUT2D eigenvalue weighted by molar-refractivity contribution is 6.90. The molecule has 0 aromatic heterocycles. The van der Waals surface area contributed by atoms with Crippen LogP contribution in [-0.2, 0) is 0 Å². The van der Waals surface area contributed by atoms with Crippen LogP contribution in [0.4, 0.5) is 8.78 Å². The number of halogens is 2. The molecule has 2 aromatic carbocycles. The van der Waals surface area contributed by atoms with Crippen LogP contribution in [0.5, 0.6) is 11.5 Å². The van der Waals surface area contributed by atoms with Gasteiger partial charge in [-0.3, -0.25) is 0 Å². The lowest BCUT2D eigenvalue weighted by atomic mass is 10.2. The number of hydrogen-bond donors (Lipinski definition) is 0. The highest BCUT2D eigenvalue weighted by Gasteiger charge is 2.28. The minimum Gasteiger partial charge on any atom is -0.497 e. The van der Waals surface area contributed by atoms with Gasteiger partial charge in [-0.2, -0.15) is 0 Å². The highest BCUT2D eigenvalue weighted by Crippen LogP contribution is 2.24. The van der Waals surface area contributed by atoms with Gasteiger partial charge in [0, 0.05) is 5.19 Å². The summed E-state index contributed by atoms with van der Waals surface area (Å²) in [6, 6.07) is 8.28. The second-order valence-electron chi connectivity index (χ2n) is 6.07.